The van der Waals surface area contributed by atoms with Gasteiger partial charge in [0.1, 0.15) is 5.00 Å². The molecule has 1 unspecified atom stereocenters. The predicted octanol–water partition coefficient (Wildman–Crippen LogP) is 2.99. The number of aromatic nitrogens is 1. The molecule has 2 N–H and O–H groups in total. The fourth-order valence-corrected chi connectivity index (χ4v) is 2.50. The Hall–Kier alpha value is -2.41. The second-order valence-electron chi connectivity index (χ2n) is 4.99. The van der Waals surface area contributed by atoms with E-state index in [1.165, 1.54) is 16.4 Å². The highest BCUT2D eigenvalue weighted by Gasteiger charge is 2.18. The minimum Gasteiger partial charge on any atom is -0.481 e. The summed E-state index contributed by atoms with van der Waals surface area (Å²) in [6, 6.07) is 11.1. The van der Waals surface area contributed by atoms with Crippen LogP contribution >= 0.6 is 11.5 Å². The SMILES string of the molecule is CC(CN(C)C(=O)Nc1cc(-c2ccccc2)ns1)C(=O)O. The molecular weight excluding hydrogens is 302 g/mol. The first-order valence-corrected chi connectivity index (χ1v) is 7.51. The van der Waals surface area contributed by atoms with Crippen LogP contribution in [0.25, 0.3) is 11.3 Å². The van der Waals surface area contributed by atoms with Crippen molar-refractivity contribution in [2.24, 2.45) is 5.92 Å². The van der Waals surface area contributed by atoms with Crippen molar-refractivity contribution in [3.63, 3.8) is 0 Å². The van der Waals surface area contributed by atoms with Crippen LogP contribution in [0.1, 0.15) is 6.92 Å². The van der Waals surface area contributed by atoms with Gasteiger partial charge in [-0.3, -0.25) is 10.1 Å². The third-order valence-corrected chi connectivity index (χ3v) is 3.83. The molecule has 1 aromatic heterocycles. The Labute approximate surface area is 132 Å². The van der Waals surface area contributed by atoms with E-state index in [2.05, 4.69) is 9.69 Å². The lowest BCUT2D eigenvalue weighted by molar-refractivity contribution is -0.141. The first kappa shape index (κ1) is 16.0. The number of amides is 2. The number of urea groups is 1. The lowest BCUT2D eigenvalue weighted by Gasteiger charge is -2.19. The van der Waals surface area contributed by atoms with Crippen molar-refractivity contribution in [3.8, 4) is 11.3 Å². The monoisotopic (exact) mass is 319 g/mol. The summed E-state index contributed by atoms with van der Waals surface area (Å²) in [6.45, 7) is 1.71. The molecule has 7 heteroatoms. The van der Waals surface area contributed by atoms with Crippen LogP contribution in [0.4, 0.5) is 9.80 Å². The fraction of sp³-hybridized carbons (Fsp3) is 0.267. The zero-order valence-corrected chi connectivity index (χ0v) is 13.1. The molecule has 0 aliphatic rings. The van der Waals surface area contributed by atoms with Crippen LogP contribution in [0.2, 0.25) is 0 Å². The molecule has 0 aliphatic heterocycles. The number of carbonyl (C=O) groups is 2. The first-order chi connectivity index (χ1) is 10.5. The normalized spacial score (nSPS) is 11.7. The van der Waals surface area contributed by atoms with Crippen LogP contribution in [-0.2, 0) is 4.79 Å². The Morgan fingerprint density at radius 3 is 2.68 bits per heavy atom. The standard InChI is InChI=1S/C15H17N3O3S/c1-10(14(19)20)9-18(2)15(21)16-13-8-12(17-22-13)11-6-4-3-5-7-11/h3-8,10H,9H2,1-2H3,(H,16,21)(H,19,20). The van der Waals surface area contributed by atoms with Gasteiger partial charge in [-0.2, -0.15) is 4.37 Å². The van der Waals surface area contributed by atoms with Crippen molar-refractivity contribution in [2.75, 3.05) is 18.9 Å². The molecule has 6 nitrogen and oxygen atoms in total. The van der Waals surface area contributed by atoms with Crippen LogP contribution < -0.4 is 5.32 Å². The molecule has 0 saturated carbocycles. The van der Waals surface area contributed by atoms with E-state index in [9.17, 15) is 9.59 Å². The average Bonchev–Trinajstić information content (AvgIpc) is 2.96. The maximum atomic E-state index is 12.0. The summed E-state index contributed by atoms with van der Waals surface area (Å²) >= 11 is 1.19. The van der Waals surface area contributed by atoms with E-state index in [4.69, 9.17) is 5.11 Å². The van der Waals surface area contributed by atoms with Gasteiger partial charge < -0.3 is 10.0 Å². The van der Waals surface area contributed by atoms with E-state index in [0.717, 1.165) is 11.3 Å². The van der Waals surface area contributed by atoms with E-state index in [-0.39, 0.29) is 12.6 Å². The van der Waals surface area contributed by atoms with Gasteiger partial charge in [-0.1, -0.05) is 37.3 Å². The smallest absolute Gasteiger partial charge is 0.322 e. The van der Waals surface area contributed by atoms with Gasteiger partial charge in [0.05, 0.1) is 11.6 Å². The number of rotatable bonds is 5. The summed E-state index contributed by atoms with van der Waals surface area (Å²) in [6.07, 6.45) is 0. The third-order valence-electron chi connectivity index (χ3n) is 3.13. The number of hydrogen-bond acceptors (Lipinski definition) is 4. The Morgan fingerprint density at radius 1 is 1.36 bits per heavy atom. The van der Waals surface area contributed by atoms with Crippen LogP contribution in [0.15, 0.2) is 36.4 Å². The number of carboxylic acids is 1. The van der Waals surface area contributed by atoms with E-state index in [1.54, 1.807) is 20.0 Å². The van der Waals surface area contributed by atoms with E-state index >= 15 is 0 Å². The van der Waals surface area contributed by atoms with Gasteiger partial charge in [-0.05, 0) is 11.5 Å². The lowest BCUT2D eigenvalue weighted by atomic mass is 10.1. The Balaban J connectivity index is 1.98. The quantitative estimate of drug-likeness (QED) is 0.887. The van der Waals surface area contributed by atoms with Gasteiger partial charge in [-0.25, -0.2) is 4.79 Å². The molecule has 2 rings (SSSR count). The molecule has 0 saturated heterocycles. The van der Waals surface area contributed by atoms with E-state index in [0.29, 0.717) is 5.00 Å². The zero-order chi connectivity index (χ0) is 16.1. The number of nitrogens with zero attached hydrogens (tertiary/aromatic N) is 2. The summed E-state index contributed by atoms with van der Waals surface area (Å²) in [4.78, 5) is 24.2. The number of benzene rings is 1. The fourth-order valence-electron chi connectivity index (χ4n) is 1.85. The highest BCUT2D eigenvalue weighted by Crippen LogP contribution is 2.25. The molecule has 0 bridgehead atoms. The third kappa shape index (κ3) is 4.05. The number of carbonyl (C=O) groups excluding carboxylic acids is 1. The molecule has 1 atom stereocenters. The maximum Gasteiger partial charge on any atom is 0.322 e. The second kappa shape index (κ2) is 7.04. The molecule has 0 fully saturated rings. The van der Waals surface area contributed by atoms with Gasteiger partial charge in [0, 0.05) is 25.2 Å². The van der Waals surface area contributed by atoms with Crippen LogP contribution in [-0.4, -0.2) is 40.0 Å². The van der Waals surface area contributed by atoms with Crippen molar-refractivity contribution >= 4 is 28.5 Å². The Bertz CT molecular complexity index is 657. The van der Waals surface area contributed by atoms with Crippen LogP contribution in [0, 0.1) is 5.92 Å². The predicted molar refractivity (Wildman–Crippen MR) is 86.0 cm³/mol. The van der Waals surface area contributed by atoms with Crippen molar-refractivity contribution < 1.29 is 14.7 Å². The number of carboxylic acid groups (broad SMARTS) is 1. The maximum absolute atomic E-state index is 12.0. The lowest BCUT2D eigenvalue weighted by Crippen LogP contribution is -2.36. The molecule has 0 radical (unpaired) electrons. The van der Waals surface area contributed by atoms with Crippen LogP contribution in [0.3, 0.4) is 0 Å². The number of nitrogens with one attached hydrogen (secondary N) is 1. The average molecular weight is 319 g/mol. The number of hydrogen-bond donors (Lipinski definition) is 2. The first-order valence-electron chi connectivity index (χ1n) is 6.74. The molecule has 1 aromatic carbocycles. The summed E-state index contributed by atoms with van der Waals surface area (Å²) in [5.74, 6) is -1.54. The van der Waals surface area contributed by atoms with Gasteiger partial charge >= 0.3 is 12.0 Å². The highest BCUT2D eigenvalue weighted by atomic mass is 32.1. The van der Waals surface area contributed by atoms with Gasteiger partial charge in [0.2, 0.25) is 0 Å². The van der Waals surface area contributed by atoms with E-state index < -0.39 is 11.9 Å². The molecule has 1 heterocycles. The van der Waals surface area contributed by atoms with Crippen LogP contribution in [0.5, 0.6) is 0 Å². The second-order valence-corrected chi connectivity index (χ2v) is 5.80. The number of anilines is 1. The molecule has 2 aromatic rings. The highest BCUT2D eigenvalue weighted by molar-refractivity contribution is 7.10. The largest absolute Gasteiger partial charge is 0.481 e. The summed E-state index contributed by atoms with van der Waals surface area (Å²) in [5.41, 5.74) is 1.77. The zero-order valence-electron chi connectivity index (χ0n) is 12.3. The molecule has 0 spiro atoms. The van der Waals surface area contributed by atoms with Gasteiger partial charge in [-0.15, -0.1) is 0 Å². The summed E-state index contributed by atoms with van der Waals surface area (Å²) in [7, 11) is 1.56. The molecule has 22 heavy (non-hydrogen) atoms. The van der Waals surface area contributed by atoms with Crippen molar-refractivity contribution in [1.82, 2.24) is 9.27 Å². The summed E-state index contributed by atoms with van der Waals surface area (Å²) in [5, 5.41) is 12.2. The molecule has 0 aliphatic carbocycles. The minimum absolute atomic E-state index is 0.144. The Kier molecular flexibility index (Phi) is 5.11. The van der Waals surface area contributed by atoms with Gasteiger partial charge in [0.15, 0.2) is 0 Å². The summed E-state index contributed by atoms with van der Waals surface area (Å²) < 4.78 is 4.30. The van der Waals surface area contributed by atoms with Crippen molar-refractivity contribution in [3.05, 3.63) is 36.4 Å². The van der Waals surface area contributed by atoms with Crippen molar-refractivity contribution in [1.29, 1.82) is 0 Å². The van der Waals surface area contributed by atoms with Crippen molar-refractivity contribution in [2.45, 2.75) is 6.92 Å². The molecule has 116 valence electrons. The number of aliphatic carboxylic acids is 1. The molecular formula is C15H17N3O3S. The minimum atomic E-state index is -0.927. The Morgan fingerprint density at radius 2 is 2.05 bits per heavy atom. The molecule has 2 amide bonds. The van der Waals surface area contributed by atoms with E-state index in [1.807, 2.05) is 30.3 Å². The topological polar surface area (TPSA) is 82.5 Å². The van der Waals surface area contributed by atoms with Gasteiger partial charge in [0.25, 0.3) is 0 Å².